The van der Waals surface area contributed by atoms with Crippen LogP contribution in [0.25, 0.3) is 11.3 Å². The molecule has 1 atom stereocenters. The van der Waals surface area contributed by atoms with Gasteiger partial charge in [-0.15, -0.1) is 11.3 Å². The maximum absolute atomic E-state index is 12.5. The van der Waals surface area contributed by atoms with Crippen LogP contribution in [0.5, 0.6) is 5.75 Å². The molecule has 0 bridgehead atoms. The number of benzene rings is 1. The average molecular weight is 344 g/mol. The number of aryl methyl sites for hydroxylation is 1. The first-order chi connectivity index (χ1) is 11.5. The van der Waals surface area contributed by atoms with Crippen molar-refractivity contribution in [1.29, 1.82) is 0 Å². The van der Waals surface area contributed by atoms with Crippen LogP contribution in [0.15, 0.2) is 23.6 Å². The molecule has 24 heavy (non-hydrogen) atoms. The summed E-state index contributed by atoms with van der Waals surface area (Å²) in [7, 11) is 0. The molecule has 1 unspecified atom stereocenters. The minimum atomic E-state index is -0.433. The van der Waals surface area contributed by atoms with Gasteiger partial charge in [0, 0.05) is 17.5 Å². The highest BCUT2D eigenvalue weighted by molar-refractivity contribution is 7.09. The van der Waals surface area contributed by atoms with Crippen LogP contribution >= 0.6 is 11.3 Å². The molecule has 0 spiro atoms. The van der Waals surface area contributed by atoms with E-state index in [0.717, 1.165) is 40.5 Å². The summed E-state index contributed by atoms with van der Waals surface area (Å²) in [6.07, 6.45) is 1.67. The smallest absolute Gasteiger partial charge is 0.267 e. The molecule has 1 aromatic heterocycles. The highest BCUT2D eigenvalue weighted by Crippen LogP contribution is 2.38. The Kier molecular flexibility index (Phi) is 4.90. The third kappa shape index (κ3) is 3.31. The molecule has 1 aliphatic heterocycles. The molecule has 0 radical (unpaired) electrons. The Morgan fingerprint density at radius 1 is 1.38 bits per heavy atom. The Balaban J connectivity index is 1.98. The zero-order valence-corrected chi connectivity index (χ0v) is 15.5. The summed E-state index contributed by atoms with van der Waals surface area (Å²) in [4.78, 5) is 19.1. The second-order valence-electron chi connectivity index (χ2n) is 6.66. The largest absolute Gasteiger partial charge is 0.479 e. The quantitative estimate of drug-likeness (QED) is 0.800. The summed E-state index contributed by atoms with van der Waals surface area (Å²) in [5, 5.41) is 3.25. The molecule has 0 N–H and O–H groups in total. The average Bonchev–Trinajstić information content (AvgIpc) is 3.00. The maximum atomic E-state index is 12.5. The summed E-state index contributed by atoms with van der Waals surface area (Å²) < 4.78 is 5.78. The normalized spacial score (nSPS) is 17.1. The highest BCUT2D eigenvalue weighted by atomic mass is 32.1. The molecule has 4 nitrogen and oxygen atoms in total. The molecule has 128 valence electrons. The third-order valence-electron chi connectivity index (χ3n) is 4.03. The van der Waals surface area contributed by atoms with Gasteiger partial charge in [-0.05, 0) is 43.9 Å². The molecule has 3 rings (SSSR count). The van der Waals surface area contributed by atoms with Gasteiger partial charge in [0.1, 0.15) is 5.75 Å². The molecule has 2 aromatic rings. The van der Waals surface area contributed by atoms with Gasteiger partial charge >= 0.3 is 0 Å². The fourth-order valence-corrected chi connectivity index (χ4v) is 3.80. The Morgan fingerprint density at radius 3 is 2.88 bits per heavy atom. The van der Waals surface area contributed by atoms with E-state index >= 15 is 0 Å². The zero-order chi connectivity index (χ0) is 17.3. The number of nitrogens with zero attached hydrogens (tertiary/aromatic N) is 2. The molecule has 0 saturated heterocycles. The zero-order valence-electron chi connectivity index (χ0n) is 14.7. The molecule has 1 aromatic carbocycles. The van der Waals surface area contributed by atoms with Crippen molar-refractivity contribution in [3.05, 3.63) is 28.6 Å². The number of anilines is 1. The van der Waals surface area contributed by atoms with Crippen molar-refractivity contribution in [3.63, 3.8) is 0 Å². The Bertz CT molecular complexity index is 739. The number of carbonyl (C=O) groups is 1. The number of rotatable bonds is 5. The number of fused-ring (bicyclic) bond motifs is 1. The summed E-state index contributed by atoms with van der Waals surface area (Å²) >= 11 is 1.70. The van der Waals surface area contributed by atoms with E-state index in [9.17, 15) is 4.79 Å². The number of aromatic nitrogens is 1. The summed E-state index contributed by atoms with van der Waals surface area (Å²) in [6.45, 7) is 8.90. The number of carbonyl (C=O) groups excluding carboxylic acids is 1. The lowest BCUT2D eigenvalue weighted by molar-refractivity contribution is -0.125. The summed E-state index contributed by atoms with van der Waals surface area (Å²) in [5.41, 5.74) is 2.86. The van der Waals surface area contributed by atoms with Crippen molar-refractivity contribution >= 4 is 22.9 Å². The van der Waals surface area contributed by atoms with Crippen LogP contribution in [0.2, 0.25) is 0 Å². The molecule has 0 aliphatic carbocycles. The second-order valence-corrected chi connectivity index (χ2v) is 7.60. The van der Waals surface area contributed by atoms with Crippen LogP contribution in [0.1, 0.15) is 39.1 Å². The SMILES string of the molecule is CCCc1nc(-c2ccc3c(c2)N(CC(C)C)C(=O)C(C)O3)cs1. The molecule has 1 amide bonds. The van der Waals surface area contributed by atoms with Crippen molar-refractivity contribution in [2.24, 2.45) is 5.92 Å². The summed E-state index contributed by atoms with van der Waals surface area (Å²) in [5.74, 6) is 1.19. The standard InChI is InChI=1S/C19H24N2O2S/c1-5-6-18-20-15(11-24-18)14-7-8-17-16(9-14)21(10-12(2)3)19(22)13(4)23-17/h7-9,11-13H,5-6,10H2,1-4H3. The molecular weight excluding hydrogens is 320 g/mol. The van der Waals surface area contributed by atoms with E-state index in [1.165, 1.54) is 0 Å². The van der Waals surface area contributed by atoms with Crippen LogP contribution < -0.4 is 9.64 Å². The van der Waals surface area contributed by atoms with Gasteiger partial charge in [0.15, 0.2) is 6.10 Å². The van der Waals surface area contributed by atoms with E-state index < -0.39 is 6.10 Å². The lowest BCUT2D eigenvalue weighted by atomic mass is 10.1. The predicted octanol–water partition coefficient (Wildman–Crippen LogP) is 4.53. The fraction of sp³-hybridized carbons (Fsp3) is 0.474. The van der Waals surface area contributed by atoms with Crippen LogP contribution in [0.4, 0.5) is 5.69 Å². The van der Waals surface area contributed by atoms with Crippen LogP contribution in [0, 0.1) is 5.92 Å². The molecule has 1 aliphatic rings. The predicted molar refractivity (Wildman–Crippen MR) is 98.8 cm³/mol. The van der Waals surface area contributed by atoms with Crippen LogP contribution in [-0.2, 0) is 11.2 Å². The summed E-state index contributed by atoms with van der Waals surface area (Å²) in [6, 6.07) is 6.02. The number of ether oxygens (including phenoxy) is 1. The maximum Gasteiger partial charge on any atom is 0.267 e. The molecule has 5 heteroatoms. The molecule has 0 saturated carbocycles. The molecule has 2 heterocycles. The molecule has 0 fully saturated rings. The van der Waals surface area contributed by atoms with E-state index in [4.69, 9.17) is 9.72 Å². The van der Waals surface area contributed by atoms with E-state index in [0.29, 0.717) is 12.5 Å². The van der Waals surface area contributed by atoms with Gasteiger partial charge in [0.25, 0.3) is 5.91 Å². The number of thiazole rings is 1. The van der Waals surface area contributed by atoms with Gasteiger partial charge in [-0.3, -0.25) is 4.79 Å². The third-order valence-corrected chi connectivity index (χ3v) is 4.93. The van der Waals surface area contributed by atoms with Gasteiger partial charge < -0.3 is 9.64 Å². The lowest BCUT2D eigenvalue weighted by Crippen LogP contribution is -2.46. The first kappa shape index (κ1) is 17.0. The monoisotopic (exact) mass is 344 g/mol. The first-order valence-electron chi connectivity index (χ1n) is 8.56. The number of hydrogen-bond donors (Lipinski definition) is 0. The van der Waals surface area contributed by atoms with E-state index in [1.54, 1.807) is 11.3 Å². The number of hydrogen-bond acceptors (Lipinski definition) is 4. The van der Waals surface area contributed by atoms with Crippen molar-refractivity contribution in [2.75, 3.05) is 11.4 Å². The van der Waals surface area contributed by atoms with Gasteiger partial charge in [-0.2, -0.15) is 0 Å². The first-order valence-corrected chi connectivity index (χ1v) is 9.44. The van der Waals surface area contributed by atoms with Crippen LogP contribution in [0.3, 0.4) is 0 Å². The topological polar surface area (TPSA) is 42.4 Å². The van der Waals surface area contributed by atoms with Crippen molar-refractivity contribution in [2.45, 2.75) is 46.6 Å². The van der Waals surface area contributed by atoms with E-state index in [2.05, 4.69) is 26.2 Å². The van der Waals surface area contributed by atoms with E-state index in [1.807, 2.05) is 30.0 Å². The van der Waals surface area contributed by atoms with Gasteiger partial charge in [-0.25, -0.2) is 4.98 Å². The Hall–Kier alpha value is -1.88. The van der Waals surface area contributed by atoms with Gasteiger partial charge in [-0.1, -0.05) is 20.8 Å². The highest BCUT2D eigenvalue weighted by Gasteiger charge is 2.32. The second kappa shape index (κ2) is 6.93. The fourth-order valence-electron chi connectivity index (χ4n) is 2.89. The van der Waals surface area contributed by atoms with E-state index in [-0.39, 0.29) is 5.91 Å². The number of amides is 1. The minimum absolute atomic E-state index is 0.0262. The van der Waals surface area contributed by atoms with Gasteiger partial charge in [0.2, 0.25) is 0 Å². The van der Waals surface area contributed by atoms with Crippen molar-refractivity contribution in [3.8, 4) is 17.0 Å². The lowest BCUT2D eigenvalue weighted by Gasteiger charge is -2.34. The van der Waals surface area contributed by atoms with Crippen molar-refractivity contribution < 1.29 is 9.53 Å². The van der Waals surface area contributed by atoms with Crippen molar-refractivity contribution in [1.82, 2.24) is 4.98 Å². The minimum Gasteiger partial charge on any atom is -0.479 e. The molecular formula is C19H24N2O2S. The Labute approximate surface area is 147 Å². The van der Waals surface area contributed by atoms with Crippen LogP contribution in [-0.4, -0.2) is 23.5 Å². The van der Waals surface area contributed by atoms with Gasteiger partial charge in [0.05, 0.1) is 16.4 Å². The Morgan fingerprint density at radius 2 is 2.17 bits per heavy atom.